The van der Waals surface area contributed by atoms with E-state index >= 15 is 0 Å². The fourth-order valence-corrected chi connectivity index (χ4v) is 2.38. The van der Waals surface area contributed by atoms with Crippen molar-refractivity contribution in [3.63, 3.8) is 0 Å². The Balaban J connectivity index is 1.82. The molecule has 0 radical (unpaired) electrons. The smallest absolute Gasteiger partial charge is 0.151 e. The number of benzene rings is 1. The molecule has 0 saturated heterocycles. The Morgan fingerprint density at radius 2 is 2.11 bits per heavy atom. The van der Waals surface area contributed by atoms with Crippen molar-refractivity contribution in [1.82, 2.24) is 9.88 Å². The number of thiazole rings is 1. The minimum absolute atomic E-state index is 0.115. The largest absolute Gasteiger partial charge is 0.298 e. The van der Waals surface area contributed by atoms with Crippen LogP contribution in [0.25, 0.3) is 0 Å². The first-order valence-corrected chi connectivity index (χ1v) is 6.89. The predicted molar refractivity (Wildman–Crippen MR) is 73.6 cm³/mol. The van der Waals surface area contributed by atoms with Gasteiger partial charge in [0.2, 0.25) is 0 Å². The number of likely N-dealkylation sites (N-methyl/N-ethyl adjacent to an activating group) is 1. The first-order chi connectivity index (χ1) is 9.13. The number of ketones is 1. The number of hydrogen-bond donors (Lipinski definition) is 0. The number of carbonyl (C=O) groups is 1. The number of hydrogen-bond acceptors (Lipinski definition) is 4. The summed E-state index contributed by atoms with van der Waals surface area (Å²) in [5.41, 5.74) is 3.60. The van der Waals surface area contributed by atoms with Crippen LogP contribution in [0.4, 0.5) is 4.39 Å². The number of Topliss-reactive ketones (excluding diaryl/α,β-unsaturated/α-hetero) is 1. The van der Waals surface area contributed by atoms with E-state index in [1.165, 1.54) is 12.1 Å². The standard InChI is InChI=1S/C14H15FN2OS/c1-17(7-13-9-19-10-16-13)8-14(18)6-11-2-4-12(15)5-3-11/h2-5,9-10H,6-8H2,1H3. The quantitative estimate of drug-likeness (QED) is 0.814. The van der Waals surface area contributed by atoms with Crippen molar-refractivity contribution in [2.45, 2.75) is 13.0 Å². The maximum absolute atomic E-state index is 12.7. The molecule has 2 aromatic rings. The van der Waals surface area contributed by atoms with Crippen molar-refractivity contribution in [3.05, 3.63) is 52.2 Å². The highest BCUT2D eigenvalue weighted by molar-refractivity contribution is 7.07. The molecule has 0 aliphatic rings. The van der Waals surface area contributed by atoms with Crippen molar-refractivity contribution in [1.29, 1.82) is 0 Å². The third-order valence-corrected chi connectivity index (χ3v) is 3.31. The third-order valence-electron chi connectivity index (χ3n) is 2.68. The molecule has 3 nitrogen and oxygen atoms in total. The summed E-state index contributed by atoms with van der Waals surface area (Å²) in [6.45, 7) is 1.04. The molecule has 0 spiro atoms. The molecular formula is C14H15FN2OS. The van der Waals surface area contributed by atoms with Crippen LogP contribution < -0.4 is 0 Å². The average molecular weight is 278 g/mol. The van der Waals surface area contributed by atoms with E-state index < -0.39 is 0 Å². The molecule has 0 fully saturated rings. The van der Waals surface area contributed by atoms with Gasteiger partial charge in [0.05, 0.1) is 17.7 Å². The first-order valence-electron chi connectivity index (χ1n) is 5.95. The second kappa shape index (κ2) is 6.54. The van der Waals surface area contributed by atoms with Gasteiger partial charge in [0.1, 0.15) is 5.82 Å². The fourth-order valence-electron chi connectivity index (χ4n) is 1.83. The molecule has 19 heavy (non-hydrogen) atoms. The van der Waals surface area contributed by atoms with Crippen molar-refractivity contribution < 1.29 is 9.18 Å². The lowest BCUT2D eigenvalue weighted by Crippen LogP contribution is -2.26. The number of rotatable bonds is 6. The molecule has 5 heteroatoms. The number of carbonyl (C=O) groups excluding carboxylic acids is 1. The van der Waals surface area contributed by atoms with Gasteiger partial charge in [-0.15, -0.1) is 11.3 Å². The molecule has 100 valence electrons. The highest BCUT2D eigenvalue weighted by atomic mass is 32.1. The summed E-state index contributed by atoms with van der Waals surface area (Å²) in [5.74, 6) is -0.166. The summed E-state index contributed by atoms with van der Waals surface area (Å²) in [7, 11) is 1.89. The van der Waals surface area contributed by atoms with Crippen LogP contribution in [-0.2, 0) is 17.8 Å². The lowest BCUT2D eigenvalue weighted by atomic mass is 10.1. The molecule has 0 atom stereocenters. The summed E-state index contributed by atoms with van der Waals surface area (Å²) < 4.78 is 12.7. The minimum Gasteiger partial charge on any atom is -0.298 e. The van der Waals surface area contributed by atoms with E-state index in [9.17, 15) is 9.18 Å². The summed E-state index contributed by atoms with van der Waals surface area (Å²) in [6, 6.07) is 6.05. The van der Waals surface area contributed by atoms with E-state index in [1.54, 1.807) is 29.0 Å². The van der Waals surface area contributed by atoms with Crippen LogP contribution in [0.3, 0.4) is 0 Å². The molecule has 0 saturated carbocycles. The molecular weight excluding hydrogens is 263 g/mol. The highest BCUT2D eigenvalue weighted by Crippen LogP contribution is 2.06. The van der Waals surface area contributed by atoms with Crippen molar-refractivity contribution in [2.24, 2.45) is 0 Å². The van der Waals surface area contributed by atoms with E-state index in [0.717, 1.165) is 11.3 Å². The summed E-state index contributed by atoms with van der Waals surface area (Å²) in [6.07, 6.45) is 0.335. The van der Waals surface area contributed by atoms with Crippen molar-refractivity contribution >= 4 is 17.1 Å². The van der Waals surface area contributed by atoms with Crippen molar-refractivity contribution in [3.8, 4) is 0 Å². The molecule has 0 bridgehead atoms. The Hall–Kier alpha value is -1.59. The zero-order valence-electron chi connectivity index (χ0n) is 10.7. The number of aromatic nitrogens is 1. The van der Waals surface area contributed by atoms with Crippen LogP contribution in [0.2, 0.25) is 0 Å². The number of halogens is 1. The zero-order valence-corrected chi connectivity index (χ0v) is 11.5. The van der Waals surface area contributed by atoms with Gasteiger partial charge in [0.15, 0.2) is 5.78 Å². The maximum Gasteiger partial charge on any atom is 0.151 e. The average Bonchev–Trinajstić information content (AvgIpc) is 2.84. The van der Waals surface area contributed by atoms with Gasteiger partial charge < -0.3 is 0 Å². The summed E-state index contributed by atoms with van der Waals surface area (Å²) in [5, 5.41) is 1.97. The maximum atomic E-state index is 12.7. The van der Waals surface area contributed by atoms with Crippen LogP contribution in [0.1, 0.15) is 11.3 Å². The molecule has 0 aliphatic heterocycles. The van der Waals surface area contributed by atoms with Gasteiger partial charge in [-0.25, -0.2) is 9.37 Å². The van der Waals surface area contributed by atoms with Crippen LogP contribution >= 0.6 is 11.3 Å². The van der Waals surface area contributed by atoms with Crippen LogP contribution in [0.15, 0.2) is 35.2 Å². The molecule has 1 heterocycles. The first kappa shape index (κ1) is 13.8. The fraction of sp³-hybridized carbons (Fsp3) is 0.286. The molecule has 1 aromatic carbocycles. The Morgan fingerprint density at radius 3 is 2.74 bits per heavy atom. The Labute approximate surface area is 115 Å². The second-order valence-electron chi connectivity index (χ2n) is 4.49. The van der Waals surface area contributed by atoms with Gasteiger partial charge >= 0.3 is 0 Å². The van der Waals surface area contributed by atoms with E-state index in [4.69, 9.17) is 0 Å². The molecule has 1 aromatic heterocycles. The monoisotopic (exact) mass is 278 g/mol. The zero-order chi connectivity index (χ0) is 13.7. The van der Waals surface area contributed by atoms with Crippen LogP contribution in [-0.4, -0.2) is 29.3 Å². The topological polar surface area (TPSA) is 33.2 Å². The van der Waals surface area contributed by atoms with Crippen LogP contribution in [0, 0.1) is 5.82 Å². The van der Waals surface area contributed by atoms with Gasteiger partial charge in [-0.3, -0.25) is 9.69 Å². The molecule has 0 unspecified atom stereocenters. The number of nitrogens with zero attached hydrogens (tertiary/aromatic N) is 2. The Bertz CT molecular complexity index is 525. The SMILES string of the molecule is CN(CC(=O)Cc1ccc(F)cc1)Cc1cscn1. The molecule has 0 amide bonds. The van der Waals surface area contributed by atoms with E-state index in [-0.39, 0.29) is 11.6 Å². The van der Waals surface area contributed by atoms with Gasteiger partial charge in [0, 0.05) is 18.3 Å². The third kappa shape index (κ3) is 4.54. The van der Waals surface area contributed by atoms with Gasteiger partial charge in [-0.2, -0.15) is 0 Å². The van der Waals surface area contributed by atoms with E-state index in [1.807, 2.05) is 17.3 Å². The molecule has 0 N–H and O–H groups in total. The van der Waals surface area contributed by atoms with E-state index in [0.29, 0.717) is 19.5 Å². The van der Waals surface area contributed by atoms with Gasteiger partial charge in [-0.1, -0.05) is 12.1 Å². The van der Waals surface area contributed by atoms with Crippen molar-refractivity contribution in [2.75, 3.05) is 13.6 Å². The minimum atomic E-state index is -0.281. The predicted octanol–water partition coefficient (Wildman–Crippen LogP) is 2.53. The summed E-state index contributed by atoms with van der Waals surface area (Å²) in [4.78, 5) is 18.0. The lowest BCUT2D eigenvalue weighted by molar-refractivity contribution is -0.119. The van der Waals surface area contributed by atoms with Gasteiger partial charge in [0.25, 0.3) is 0 Å². The van der Waals surface area contributed by atoms with Gasteiger partial charge in [-0.05, 0) is 24.7 Å². The second-order valence-corrected chi connectivity index (χ2v) is 5.21. The summed E-state index contributed by atoms with van der Waals surface area (Å²) >= 11 is 1.55. The highest BCUT2D eigenvalue weighted by Gasteiger charge is 2.09. The molecule has 2 rings (SSSR count). The molecule has 0 aliphatic carbocycles. The Kier molecular flexibility index (Phi) is 4.76. The Morgan fingerprint density at radius 1 is 1.37 bits per heavy atom. The normalized spacial score (nSPS) is 10.9. The van der Waals surface area contributed by atoms with E-state index in [2.05, 4.69) is 4.98 Å². The lowest BCUT2D eigenvalue weighted by Gasteiger charge is -2.14. The van der Waals surface area contributed by atoms with Crippen LogP contribution in [0.5, 0.6) is 0 Å².